The second kappa shape index (κ2) is 6.40. The number of aryl methyl sites for hydroxylation is 2. The fourth-order valence-electron chi connectivity index (χ4n) is 2.73. The van der Waals surface area contributed by atoms with Crippen molar-refractivity contribution in [3.8, 4) is 0 Å². The molecule has 2 rings (SSSR count). The lowest BCUT2D eigenvalue weighted by Crippen LogP contribution is -2.33. The first-order chi connectivity index (χ1) is 8.67. The highest BCUT2D eigenvalue weighted by Crippen LogP contribution is 2.28. The third-order valence-electron chi connectivity index (χ3n) is 3.89. The predicted octanol–water partition coefficient (Wildman–Crippen LogP) is 3.24. The topological polar surface area (TPSA) is 29.9 Å². The summed E-state index contributed by atoms with van der Waals surface area (Å²) in [7, 11) is 2.01. The van der Waals surface area contributed by atoms with Crippen molar-refractivity contribution in [2.45, 2.75) is 45.2 Å². The summed E-state index contributed by atoms with van der Waals surface area (Å²) in [5.41, 5.74) is 2.36. The second-order valence-corrected chi connectivity index (χ2v) is 6.12. The van der Waals surface area contributed by atoms with Gasteiger partial charge >= 0.3 is 0 Å². The van der Waals surface area contributed by atoms with E-state index in [4.69, 9.17) is 11.6 Å². The third kappa shape index (κ3) is 2.91. The summed E-state index contributed by atoms with van der Waals surface area (Å²) in [4.78, 5) is 0. The number of rotatable bonds is 5. The van der Waals surface area contributed by atoms with Crippen LogP contribution in [0.3, 0.4) is 0 Å². The van der Waals surface area contributed by atoms with E-state index < -0.39 is 0 Å². The minimum atomic E-state index is 0.564. The Kier molecular flexibility index (Phi) is 5.10. The van der Waals surface area contributed by atoms with Crippen LogP contribution in [-0.4, -0.2) is 21.7 Å². The summed E-state index contributed by atoms with van der Waals surface area (Å²) in [6.07, 6.45) is 4.76. The molecule has 0 saturated heterocycles. The van der Waals surface area contributed by atoms with Crippen molar-refractivity contribution in [1.82, 2.24) is 15.1 Å². The Balaban J connectivity index is 1.99. The Bertz CT molecular complexity index is 405. The van der Waals surface area contributed by atoms with Gasteiger partial charge in [0.25, 0.3) is 0 Å². The van der Waals surface area contributed by atoms with Gasteiger partial charge in [-0.15, -0.1) is 11.6 Å². The van der Waals surface area contributed by atoms with Crippen molar-refractivity contribution in [2.24, 2.45) is 13.0 Å². The second-order valence-electron chi connectivity index (χ2n) is 5.02. The van der Waals surface area contributed by atoms with Crippen molar-refractivity contribution < 1.29 is 0 Å². The van der Waals surface area contributed by atoms with Crippen LogP contribution in [0.1, 0.15) is 37.6 Å². The minimum absolute atomic E-state index is 0.564. The van der Waals surface area contributed by atoms with Crippen LogP contribution in [0.5, 0.6) is 0 Å². The zero-order valence-corrected chi connectivity index (χ0v) is 13.4. The van der Waals surface area contributed by atoms with Crippen LogP contribution in [0.25, 0.3) is 0 Å². The smallest absolute Gasteiger partial charge is 0.0767 e. The molecule has 3 nitrogen and oxygen atoms in total. The van der Waals surface area contributed by atoms with E-state index in [1.165, 1.54) is 25.0 Å². The molecule has 0 amide bonds. The van der Waals surface area contributed by atoms with Crippen LogP contribution >= 0.6 is 27.5 Å². The molecule has 1 heterocycles. The van der Waals surface area contributed by atoms with E-state index in [0.717, 1.165) is 29.0 Å². The molecule has 0 radical (unpaired) electrons. The monoisotopic (exact) mass is 333 g/mol. The molecule has 1 aliphatic rings. The van der Waals surface area contributed by atoms with Gasteiger partial charge in [0.1, 0.15) is 0 Å². The molecule has 0 aromatic carbocycles. The average molecular weight is 335 g/mol. The minimum Gasteiger partial charge on any atom is -0.308 e. The summed E-state index contributed by atoms with van der Waals surface area (Å²) in [6, 6.07) is 0.564. The summed E-state index contributed by atoms with van der Waals surface area (Å²) in [6.45, 7) is 2.99. The normalized spacial score (nSPS) is 23.8. The van der Waals surface area contributed by atoms with Gasteiger partial charge < -0.3 is 5.32 Å². The van der Waals surface area contributed by atoms with Crippen molar-refractivity contribution in [3.63, 3.8) is 0 Å². The van der Waals surface area contributed by atoms with Crippen molar-refractivity contribution in [2.75, 3.05) is 5.88 Å². The molecular weight excluding hydrogens is 314 g/mol. The number of hydrogen-bond donors (Lipinski definition) is 1. The Morgan fingerprint density at radius 3 is 2.89 bits per heavy atom. The van der Waals surface area contributed by atoms with Gasteiger partial charge in [0, 0.05) is 25.5 Å². The lowest BCUT2D eigenvalue weighted by atomic mass is 10.1. The summed E-state index contributed by atoms with van der Waals surface area (Å²) < 4.78 is 3.13. The zero-order valence-electron chi connectivity index (χ0n) is 11.0. The van der Waals surface area contributed by atoms with Gasteiger partial charge in [-0.1, -0.05) is 13.3 Å². The largest absolute Gasteiger partial charge is 0.308 e. The molecule has 18 heavy (non-hydrogen) atoms. The van der Waals surface area contributed by atoms with Gasteiger partial charge in [-0.2, -0.15) is 5.10 Å². The molecule has 1 aliphatic carbocycles. The number of nitrogens with one attached hydrogen (secondary N) is 1. The third-order valence-corrected chi connectivity index (χ3v) is 5.20. The average Bonchev–Trinajstić information content (AvgIpc) is 2.92. The first-order valence-corrected chi connectivity index (χ1v) is 7.99. The lowest BCUT2D eigenvalue weighted by Gasteiger charge is -2.19. The maximum Gasteiger partial charge on any atom is 0.0767 e. The van der Waals surface area contributed by atoms with Crippen molar-refractivity contribution in [1.29, 1.82) is 0 Å². The molecule has 0 aliphatic heterocycles. The number of nitrogens with zero attached hydrogens (tertiary/aromatic N) is 2. The fraction of sp³-hybridized carbons (Fsp3) is 0.769. The van der Waals surface area contributed by atoms with E-state index >= 15 is 0 Å². The molecule has 102 valence electrons. The van der Waals surface area contributed by atoms with Gasteiger partial charge in [0.2, 0.25) is 0 Å². The van der Waals surface area contributed by atoms with Crippen LogP contribution in [0, 0.1) is 5.92 Å². The van der Waals surface area contributed by atoms with Gasteiger partial charge in [-0.05, 0) is 41.1 Å². The van der Waals surface area contributed by atoms with E-state index in [1.54, 1.807) is 0 Å². The predicted molar refractivity (Wildman–Crippen MR) is 79.0 cm³/mol. The molecule has 1 saturated carbocycles. The van der Waals surface area contributed by atoms with E-state index in [1.807, 2.05) is 11.7 Å². The molecule has 1 N–H and O–H groups in total. The van der Waals surface area contributed by atoms with E-state index in [9.17, 15) is 0 Å². The molecule has 1 aromatic rings. The highest BCUT2D eigenvalue weighted by molar-refractivity contribution is 9.10. The molecule has 2 atom stereocenters. The maximum absolute atomic E-state index is 6.01. The van der Waals surface area contributed by atoms with Gasteiger partial charge in [-0.25, -0.2) is 0 Å². The Hall–Kier alpha value is -0.0600. The van der Waals surface area contributed by atoms with Crippen molar-refractivity contribution >= 4 is 27.5 Å². The first-order valence-electron chi connectivity index (χ1n) is 6.67. The molecule has 5 heteroatoms. The van der Waals surface area contributed by atoms with Crippen LogP contribution in [0.2, 0.25) is 0 Å². The van der Waals surface area contributed by atoms with Crippen LogP contribution < -0.4 is 5.32 Å². The number of halogens is 2. The highest BCUT2D eigenvalue weighted by atomic mass is 79.9. The van der Waals surface area contributed by atoms with Gasteiger partial charge in [0.05, 0.1) is 15.9 Å². The Labute approximate surface area is 122 Å². The van der Waals surface area contributed by atoms with Crippen LogP contribution in [0.4, 0.5) is 0 Å². The number of alkyl halides is 1. The van der Waals surface area contributed by atoms with Crippen molar-refractivity contribution in [3.05, 3.63) is 15.9 Å². The summed E-state index contributed by atoms with van der Waals surface area (Å²) >= 11 is 9.66. The van der Waals surface area contributed by atoms with Crippen LogP contribution in [0.15, 0.2) is 4.47 Å². The van der Waals surface area contributed by atoms with Gasteiger partial charge in [0.15, 0.2) is 0 Å². The van der Waals surface area contributed by atoms with E-state index in [0.29, 0.717) is 12.0 Å². The molecule has 2 unspecified atom stereocenters. The molecule has 0 spiro atoms. The highest BCUT2D eigenvalue weighted by Gasteiger charge is 2.26. The molecule has 1 fully saturated rings. The van der Waals surface area contributed by atoms with E-state index in [2.05, 4.69) is 33.3 Å². The molecule has 0 bridgehead atoms. The summed E-state index contributed by atoms with van der Waals surface area (Å²) in [5, 5.41) is 8.16. The van der Waals surface area contributed by atoms with Gasteiger partial charge in [-0.3, -0.25) is 4.68 Å². The molecular formula is C13H21BrClN3. The van der Waals surface area contributed by atoms with E-state index in [-0.39, 0.29) is 0 Å². The first kappa shape index (κ1) is 14.4. The quantitative estimate of drug-likeness (QED) is 0.838. The summed E-state index contributed by atoms with van der Waals surface area (Å²) in [5.74, 6) is 1.40. The number of hydrogen-bond acceptors (Lipinski definition) is 2. The van der Waals surface area contributed by atoms with Crippen LogP contribution in [-0.2, 0) is 20.0 Å². The molecule has 1 aromatic heterocycles. The maximum atomic E-state index is 6.01. The Morgan fingerprint density at radius 2 is 2.28 bits per heavy atom. The SMILES string of the molecule is CCc1nn(C)c(CNC2CCCC2CCl)c1Br. The lowest BCUT2D eigenvalue weighted by molar-refractivity contribution is 0.422. The zero-order chi connectivity index (χ0) is 13.1. The Morgan fingerprint density at radius 1 is 1.50 bits per heavy atom. The number of aromatic nitrogens is 2. The fourth-order valence-corrected chi connectivity index (χ4v) is 3.86. The standard InChI is InChI=1S/C13H21BrClN3/c1-3-10-13(14)12(18(2)17-10)8-16-11-6-4-5-9(11)7-15/h9,11,16H,3-8H2,1-2H3.